The molecule has 2 heteroatoms. The van der Waals surface area contributed by atoms with E-state index < -0.39 is 0 Å². The fourth-order valence-electron chi connectivity index (χ4n) is 1.80. The summed E-state index contributed by atoms with van der Waals surface area (Å²) < 4.78 is 5.19. The molecule has 17 heavy (non-hydrogen) atoms. The molecule has 0 aliphatic heterocycles. The van der Waals surface area contributed by atoms with Crippen LogP contribution >= 0.6 is 0 Å². The Balaban J connectivity index is 3.16. The standard InChI is InChI=1S/C15H30O2/c1-4-5-6-7-8-9-13-17-15(16)12-10-11-14(2)3/h14H,4-13H2,1-3H3. The van der Waals surface area contributed by atoms with Crippen molar-refractivity contribution >= 4 is 5.97 Å². The van der Waals surface area contributed by atoms with Crippen LogP contribution in [0.3, 0.4) is 0 Å². The molecule has 0 N–H and O–H groups in total. The molecule has 0 aliphatic carbocycles. The van der Waals surface area contributed by atoms with Gasteiger partial charge in [-0.1, -0.05) is 59.3 Å². The first-order valence-corrected chi connectivity index (χ1v) is 7.32. The van der Waals surface area contributed by atoms with Gasteiger partial charge in [0.05, 0.1) is 6.61 Å². The number of unbranched alkanes of at least 4 members (excludes halogenated alkanes) is 5. The van der Waals surface area contributed by atoms with E-state index in [4.69, 9.17) is 4.74 Å². The molecule has 0 atom stereocenters. The van der Waals surface area contributed by atoms with Gasteiger partial charge in [0.25, 0.3) is 0 Å². The maximum atomic E-state index is 11.3. The monoisotopic (exact) mass is 242 g/mol. The summed E-state index contributed by atoms with van der Waals surface area (Å²) in [6, 6.07) is 0. The molecule has 0 aromatic carbocycles. The molecule has 0 heterocycles. The fraction of sp³-hybridized carbons (Fsp3) is 0.933. The van der Waals surface area contributed by atoms with Crippen molar-refractivity contribution in [1.82, 2.24) is 0 Å². The predicted molar refractivity (Wildman–Crippen MR) is 73.0 cm³/mol. The number of carbonyl (C=O) groups is 1. The van der Waals surface area contributed by atoms with Crippen LogP contribution in [0.1, 0.15) is 78.6 Å². The third-order valence-electron chi connectivity index (χ3n) is 2.92. The van der Waals surface area contributed by atoms with Crippen LogP contribution in [0, 0.1) is 5.92 Å². The van der Waals surface area contributed by atoms with Gasteiger partial charge in [-0.2, -0.15) is 0 Å². The lowest BCUT2D eigenvalue weighted by Crippen LogP contribution is -2.06. The maximum Gasteiger partial charge on any atom is 0.305 e. The average molecular weight is 242 g/mol. The second kappa shape index (κ2) is 11.9. The van der Waals surface area contributed by atoms with E-state index in [2.05, 4.69) is 20.8 Å². The van der Waals surface area contributed by atoms with Gasteiger partial charge < -0.3 is 4.74 Å². The summed E-state index contributed by atoms with van der Waals surface area (Å²) in [6.07, 6.45) is 10.1. The molecule has 0 unspecified atom stereocenters. The van der Waals surface area contributed by atoms with Crippen LogP contribution in [-0.4, -0.2) is 12.6 Å². The molecule has 0 radical (unpaired) electrons. The Kier molecular flexibility index (Phi) is 11.6. The van der Waals surface area contributed by atoms with Gasteiger partial charge >= 0.3 is 5.97 Å². The third-order valence-corrected chi connectivity index (χ3v) is 2.92. The van der Waals surface area contributed by atoms with Crippen LogP contribution in [-0.2, 0) is 9.53 Å². The van der Waals surface area contributed by atoms with E-state index in [9.17, 15) is 4.79 Å². The van der Waals surface area contributed by atoms with Crippen molar-refractivity contribution in [3.63, 3.8) is 0 Å². The molecular weight excluding hydrogens is 212 g/mol. The van der Waals surface area contributed by atoms with E-state index in [1.807, 2.05) is 0 Å². The van der Waals surface area contributed by atoms with Crippen LogP contribution in [0.25, 0.3) is 0 Å². The molecule has 0 saturated heterocycles. The van der Waals surface area contributed by atoms with Gasteiger partial charge in [-0.05, 0) is 18.8 Å². The van der Waals surface area contributed by atoms with E-state index in [1.54, 1.807) is 0 Å². The summed E-state index contributed by atoms with van der Waals surface area (Å²) in [7, 11) is 0. The Morgan fingerprint density at radius 2 is 1.65 bits per heavy atom. The number of ether oxygens (including phenoxy) is 1. The van der Waals surface area contributed by atoms with Gasteiger partial charge in [-0.25, -0.2) is 0 Å². The van der Waals surface area contributed by atoms with Crippen molar-refractivity contribution in [2.24, 2.45) is 5.92 Å². The lowest BCUT2D eigenvalue weighted by molar-refractivity contribution is -0.143. The van der Waals surface area contributed by atoms with Gasteiger partial charge in [-0.3, -0.25) is 4.79 Å². The van der Waals surface area contributed by atoms with Crippen LogP contribution < -0.4 is 0 Å². The first-order valence-electron chi connectivity index (χ1n) is 7.32. The molecule has 2 nitrogen and oxygen atoms in total. The van der Waals surface area contributed by atoms with Crippen LogP contribution in [0.4, 0.5) is 0 Å². The Bertz CT molecular complexity index is 176. The van der Waals surface area contributed by atoms with Gasteiger partial charge in [-0.15, -0.1) is 0 Å². The predicted octanol–water partition coefficient (Wildman–Crippen LogP) is 4.72. The molecule has 0 spiro atoms. The van der Waals surface area contributed by atoms with Crippen molar-refractivity contribution in [3.8, 4) is 0 Å². The van der Waals surface area contributed by atoms with Crippen LogP contribution in [0.15, 0.2) is 0 Å². The highest BCUT2D eigenvalue weighted by Gasteiger charge is 2.03. The molecule has 0 saturated carbocycles. The molecule has 0 fully saturated rings. The maximum absolute atomic E-state index is 11.3. The number of carbonyl (C=O) groups excluding carboxylic acids is 1. The molecule has 0 aliphatic rings. The van der Waals surface area contributed by atoms with E-state index in [0.29, 0.717) is 18.9 Å². The largest absolute Gasteiger partial charge is 0.466 e. The van der Waals surface area contributed by atoms with Crippen molar-refractivity contribution in [1.29, 1.82) is 0 Å². The number of hydrogen-bond donors (Lipinski definition) is 0. The van der Waals surface area contributed by atoms with Crippen LogP contribution in [0.2, 0.25) is 0 Å². The summed E-state index contributed by atoms with van der Waals surface area (Å²) in [5.74, 6) is 0.667. The van der Waals surface area contributed by atoms with Crippen molar-refractivity contribution in [2.45, 2.75) is 78.6 Å². The van der Waals surface area contributed by atoms with Crippen molar-refractivity contribution in [2.75, 3.05) is 6.61 Å². The van der Waals surface area contributed by atoms with E-state index in [-0.39, 0.29) is 5.97 Å². The molecule has 0 bridgehead atoms. The zero-order chi connectivity index (χ0) is 12.9. The highest BCUT2D eigenvalue weighted by Crippen LogP contribution is 2.08. The van der Waals surface area contributed by atoms with Crippen LogP contribution in [0.5, 0.6) is 0 Å². The quantitative estimate of drug-likeness (QED) is 0.387. The minimum Gasteiger partial charge on any atom is -0.466 e. The average Bonchev–Trinajstić information content (AvgIpc) is 2.27. The Morgan fingerprint density at radius 1 is 1.00 bits per heavy atom. The smallest absolute Gasteiger partial charge is 0.305 e. The lowest BCUT2D eigenvalue weighted by atomic mass is 10.1. The second-order valence-corrected chi connectivity index (χ2v) is 5.27. The summed E-state index contributed by atoms with van der Waals surface area (Å²) in [5, 5.41) is 0. The zero-order valence-electron chi connectivity index (χ0n) is 12.0. The topological polar surface area (TPSA) is 26.3 Å². The molecule has 0 aromatic heterocycles. The number of hydrogen-bond acceptors (Lipinski definition) is 2. The Morgan fingerprint density at radius 3 is 2.29 bits per heavy atom. The SMILES string of the molecule is CCCCCCCCOC(=O)CCCC(C)C. The number of esters is 1. The second-order valence-electron chi connectivity index (χ2n) is 5.27. The minimum atomic E-state index is -0.0146. The fourth-order valence-corrected chi connectivity index (χ4v) is 1.80. The Hall–Kier alpha value is -0.530. The summed E-state index contributed by atoms with van der Waals surface area (Å²) in [4.78, 5) is 11.3. The number of rotatable bonds is 11. The molecular formula is C15H30O2. The molecule has 102 valence electrons. The highest BCUT2D eigenvalue weighted by molar-refractivity contribution is 5.69. The summed E-state index contributed by atoms with van der Waals surface area (Å²) >= 11 is 0. The Labute approximate surface area is 107 Å². The van der Waals surface area contributed by atoms with E-state index in [1.165, 1.54) is 32.1 Å². The lowest BCUT2D eigenvalue weighted by Gasteiger charge is -2.06. The van der Waals surface area contributed by atoms with Gasteiger partial charge in [0.15, 0.2) is 0 Å². The molecule has 0 amide bonds. The summed E-state index contributed by atoms with van der Waals surface area (Å²) in [6.45, 7) is 7.20. The highest BCUT2D eigenvalue weighted by atomic mass is 16.5. The van der Waals surface area contributed by atoms with Crippen molar-refractivity contribution in [3.05, 3.63) is 0 Å². The molecule has 0 aromatic rings. The first-order chi connectivity index (χ1) is 8.16. The minimum absolute atomic E-state index is 0.0146. The van der Waals surface area contributed by atoms with Gasteiger partial charge in [0, 0.05) is 6.42 Å². The normalized spacial score (nSPS) is 10.8. The van der Waals surface area contributed by atoms with E-state index in [0.717, 1.165) is 19.3 Å². The zero-order valence-corrected chi connectivity index (χ0v) is 12.0. The van der Waals surface area contributed by atoms with E-state index >= 15 is 0 Å². The summed E-state index contributed by atoms with van der Waals surface area (Å²) in [5.41, 5.74) is 0. The molecule has 0 rings (SSSR count). The third kappa shape index (κ3) is 13.4. The van der Waals surface area contributed by atoms with Crippen molar-refractivity contribution < 1.29 is 9.53 Å². The van der Waals surface area contributed by atoms with Gasteiger partial charge in [0.1, 0.15) is 0 Å². The van der Waals surface area contributed by atoms with Gasteiger partial charge in [0.2, 0.25) is 0 Å². The first kappa shape index (κ1) is 16.5.